The molecule has 3 rings (SSSR count). The van der Waals surface area contributed by atoms with Crippen molar-refractivity contribution in [1.82, 2.24) is 4.98 Å². The predicted octanol–water partition coefficient (Wildman–Crippen LogP) is 6.16. The number of unbranched alkanes of at least 4 members (excludes halogenated alkanes) is 1. The highest BCUT2D eigenvalue weighted by atomic mass is 16.5. The molecule has 0 amide bonds. The molecule has 0 spiro atoms. The van der Waals surface area contributed by atoms with Gasteiger partial charge in [0.15, 0.2) is 0 Å². The first-order chi connectivity index (χ1) is 12.3. The topological polar surface area (TPSA) is 22.1 Å². The van der Waals surface area contributed by atoms with Gasteiger partial charge in [-0.15, -0.1) is 0 Å². The summed E-state index contributed by atoms with van der Waals surface area (Å²) in [6.07, 6.45) is 5.17. The van der Waals surface area contributed by atoms with Crippen LogP contribution < -0.4 is 4.74 Å². The molecular formula is C23H25NO. The number of hydrogen-bond donors (Lipinski definition) is 0. The molecule has 0 radical (unpaired) electrons. The minimum absolute atomic E-state index is 0.787. The van der Waals surface area contributed by atoms with E-state index in [-0.39, 0.29) is 0 Å². The molecule has 3 aromatic rings. The maximum atomic E-state index is 5.73. The van der Waals surface area contributed by atoms with Gasteiger partial charge in [-0.25, -0.2) is 0 Å². The largest absolute Gasteiger partial charge is 0.494 e. The van der Waals surface area contributed by atoms with Gasteiger partial charge in [0.25, 0.3) is 0 Å². The summed E-state index contributed by atoms with van der Waals surface area (Å²) in [5.41, 5.74) is 5.89. The van der Waals surface area contributed by atoms with Gasteiger partial charge in [0.05, 0.1) is 6.61 Å². The molecule has 0 aliphatic rings. The zero-order chi connectivity index (χ0) is 17.5. The van der Waals surface area contributed by atoms with E-state index in [9.17, 15) is 0 Å². The summed E-state index contributed by atoms with van der Waals surface area (Å²) in [7, 11) is 0. The van der Waals surface area contributed by atoms with E-state index in [0.29, 0.717) is 0 Å². The molecule has 0 fully saturated rings. The highest BCUT2D eigenvalue weighted by molar-refractivity contribution is 5.70. The second kappa shape index (κ2) is 8.48. The molecule has 0 aliphatic heterocycles. The molecule has 128 valence electrons. The lowest BCUT2D eigenvalue weighted by molar-refractivity contribution is 0.309. The van der Waals surface area contributed by atoms with Crippen molar-refractivity contribution >= 4 is 0 Å². The fourth-order valence-electron chi connectivity index (χ4n) is 2.74. The summed E-state index contributed by atoms with van der Waals surface area (Å²) < 4.78 is 5.73. The Morgan fingerprint density at radius 2 is 1.28 bits per heavy atom. The van der Waals surface area contributed by atoms with Crippen LogP contribution in [0.1, 0.15) is 32.4 Å². The van der Waals surface area contributed by atoms with Crippen LogP contribution in [0.3, 0.4) is 0 Å². The average molecular weight is 331 g/mol. The Balaban J connectivity index is 1.71. The fraction of sp³-hybridized carbons (Fsp3) is 0.261. The van der Waals surface area contributed by atoms with Crippen molar-refractivity contribution in [3.63, 3.8) is 0 Å². The van der Waals surface area contributed by atoms with Gasteiger partial charge in [-0.1, -0.05) is 62.7 Å². The molecule has 0 bridgehead atoms. The van der Waals surface area contributed by atoms with E-state index in [1.54, 1.807) is 0 Å². The van der Waals surface area contributed by atoms with Gasteiger partial charge in [-0.2, -0.15) is 0 Å². The number of hydrogen-bond acceptors (Lipinski definition) is 2. The van der Waals surface area contributed by atoms with Crippen LogP contribution >= 0.6 is 0 Å². The molecule has 0 aliphatic carbocycles. The number of benzene rings is 2. The van der Waals surface area contributed by atoms with E-state index in [2.05, 4.69) is 67.4 Å². The Labute approximate surface area is 150 Å². The Morgan fingerprint density at radius 1 is 0.720 bits per heavy atom. The molecule has 0 saturated heterocycles. The highest BCUT2D eigenvalue weighted by Crippen LogP contribution is 2.26. The smallest absolute Gasteiger partial charge is 0.119 e. The molecule has 2 heteroatoms. The maximum absolute atomic E-state index is 5.73. The number of rotatable bonds is 7. The van der Waals surface area contributed by atoms with E-state index < -0.39 is 0 Å². The van der Waals surface area contributed by atoms with Crippen molar-refractivity contribution < 1.29 is 4.74 Å². The molecule has 0 unspecified atom stereocenters. The Morgan fingerprint density at radius 3 is 1.80 bits per heavy atom. The monoisotopic (exact) mass is 331 g/mol. The molecule has 2 nitrogen and oxygen atoms in total. The van der Waals surface area contributed by atoms with E-state index in [0.717, 1.165) is 42.9 Å². The quantitative estimate of drug-likeness (QED) is 0.484. The zero-order valence-electron chi connectivity index (χ0n) is 15.0. The van der Waals surface area contributed by atoms with Crippen LogP contribution in [0, 0.1) is 0 Å². The summed E-state index contributed by atoms with van der Waals surface area (Å²) in [6, 6.07) is 21.2. The SMILES string of the molecule is CCCCOc1ccc(-c2ccc(-c3ccc(CC)nc3)cc2)cc1. The predicted molar refractivity (Wildman–Crippen MR) is 105 cm³/mol. The van der Waals surface area contributed by atoms with E-state index in [1.807, 2.05) is 18.3 Å². The third kappa shape index (κ3) is 4.48. The van der Waals surface area contributed by atoms with Crippen molar-refractivity contribution in [2.45, 2.75) is 33.1 Å². The van der Waals surface area contributed by atoms with Crippen LogP contribution in [0.25, 0.3) is 22.3 Å². The summed E-state index contributed by atoms with van der Waals surface area (Å²) in [5, 5.41) is 0. The maximum Gasteiger partial charge on any atom is 0.119 e. The van der Waals surface area contributed by atoms with E-state index in [4.69, 9.17) is 4.74 Å². The molecule has 1 heterocycles. The van der Waals surface area contributed by atoms with E-state index >= 15 is 0 Å². The van der Waals surface area contributed by atoms with Gasteiger partial charge in [0.1, 0.15) is 5.75 Å². The second-order valence-corrected chi connectivity index (χ2v) is 6.20. The van der Waals surface area contributed by atoms with Gasteiger partial charge in [-0.3, -0.25) is 4.98 Å². The first-order valence-electron chi connectivity index (χ1n) is 9.08. The minimum Gasteiger partial charge on any atom is -0.494 e. The molecule has 0 saturated carbocycles. The molecule has 2 aromatic carbocycles. The standard InChI is InChI=1S/C23H25NO/c1-3-5-16-25-23-14-11-19(12-15-23)18-6-8-20(9-7-18)21-10-13-22(4-2)24-17-21/h6-15,17H,3-5,16H2,1-2H3. The number of aromatic nitrogens is 1. The molecule has 25 heavy (non-hydrogen) atoms. The normalized spacial score (nSPS) is 10.6. The Kier molecular flexibility index (Phi) is 5.84. The first kappa shape index (κ1) is 17.2. The Bertz CT molecular complexity index is 774. The zero-order valence-corrected chi connectivity index (χ0v) is 15.0. The molecule has 0 N–H and O–H groups in total. The number of pyridine rings is 1. The number of nitrogens with zero attached hydrogens (tertiary/aromatic N) is 1. The molecule has 0 atom stereocenters. The first-order valence-corrected chi connectivity index (χ1v) is 9.08. The lowest BCUT2D eigenvalue weighted by Gasteiger charge is -2.08. The molecule has 1 aromatic heterocycles. The summed E-state index contributed by atoms with van der Waals surface area (Å²) in [5.74, 6) is 0.941. The third-order valence-electron chi connectivity index (χ3n) is 4.36. The lowest BCUT2D eigenvalue weighted by atomic mass is 10.0. The third-order valence-corrected chi connectivity index (χ3v) is 4.36. The van der Waals surface area contributed by atoms with Crippen molar-refractivity contribution in [2.75, 3.05) is 6.61 Å². The van der Waals surface area contributed by atoms with Gasteiger partial charge in [0, 0.05) is 17.5 Å². The second-order valence-electron chi connectivity index (χ2n) is 6.20. The van der Waals surface area contributed by atoms with Crippen LogP contribution in [0.15, 0.2) is 66.9 Å². The summed E-state index contributed by atoms with van der Waals surface area (Å²) >= 11 is 0. The minimum atomic E-state index is 0.787. The van der Waals surface area contributed by atoms with E-state index in [1.165, 1.54) is 16.7 Å². The number of aryl methyl sites for hydroxylation is 1. The van der Waals surface area contributed by atoms with Crippen molar-refractivity contribution in [3.05, 3.63) is 72.6 Å². The van der Waals surface area contributed by atoms with Crippen molar-refractivity contribution in [1.29, 1.82) is 0 Å². The van der Waals surface area contributed by atoms with Crippen LogP contribution in [0.2, 0.25) is 0 Å². The van der Waals surface area contributed by atoms with Gasteiger partial charge in [-0.05, 0) is 47.7 Å². The van der Waals surface area contributed by atoms with Gasteiger partial charge >= 0.3 is 0 Å². The molecular weight excluding hydrogens is 306 g/mol. The fourth-order valence-corrected chi connectivity index (χ4v) is 2.74. The average Bonchev–Trinajstić information content (AvgIpc) is 2.69. The van der Waals surface area contributed by atoms with Crippen LogP contribution in [0.4, 0.5) is 0 Å². The van der Waals surface area contributed by atoms with Crippen molar-refractivity contribution in [3.8, 4) is 28.0 Å². The lowest BCUT2D eigenvalue weighted by Crippen LogP contribution is -1.95. The van der Waals surface area contributed by atoms with Crippen LogP contribution in [-0.4, -0.2) is 11.6 Å². The van der Waals surface area contributed by atoms with Crippen LogP contribution in [-0.2, 0) is 6.42 Å². The highest BCUT2D eigenvalue weighted by Gasteiger charge is 2.02. The summed E-state index contributed by atoms with van der Waals surface area (Å²) in [4.78, 5) is 4.48. The van der Waals surface area contributed by atoms with Crippen LogP contribution in [0.5, 0.6) is 5.75 Å². The summed E-state index contributed by atoms with van der Waals surface area (Å²) in [6.45, 7) is 5.08. The number of ether oxygens (including phenoxy) is 1. The van der Waals surface area contributed by atoms with Crippen molar-refractivity contribution in [2.24, 2.45) is 0 Å². The van der Waals surface area contributed by atoms with Gasteiger partial charge in [0.2, 0.25) is 0 Å². The van der Waals surface area contributed by atoms with Gasteiger partial charge < -0.3 is 4.74 Å². The Hall–Kier alpha value is -2.61.